The molecule has 0 aromatic heterocycles. The predicted molar refractivity (Wildman–Crippen MR) is 232 cm³/mol. The normalized spacial score (nSPS) is 14.7. The number of unbranched alkanes of at least 4 members (excludes halogenated alkanes) is 15. The third-order valence-electron chi connectivity index (χ3n) is 9.13. The van der Waals surface area contributed by atoms with Crippen LogP contribution in [0.5, 0.6) is 0 Å². The second-order valence-corrected chi connectivity index (χ2v) is 17.3. The number of quaternary nitrogens is 1. The Morgan fingerprint density at radius 2 is 1.21 bits per heavy atom. The first-order valence-corrected chi connectivity index (χ1v) is 23.6. The molecule has 0 radical (unpaired) electrons. The summed E-state index contributed by atoms with van der Waals surface area (Å²) >= 11 is 0. The number of allylic oxidation sites excluding steroid dienone is 8. The highest BCUT2D eigenvalue weighted by atomic mass is 31.2. The molecule has 0 heterocycles. The molecule has 0 fully saturated rings. The maximum Gasteiger partial charge on any atom is 0.306 e. The molecule has 0 bridgehead atoms. The molecular weight excluding hydrogens is 741 g/mol. The van der Waals surface area contributed by atoms with E-state index in [9.17, 15) is 24.2 Å². The average molecular weight is 824 g/mol. The molecule has 2 unspecified atom stereocenters. The first kappa shape index (κ1) is 54.7. The Hall–Kier alpha value is -2.33. The summed E-state index contributed by atoms with van der Waals surface area (Å²) in [5, 5.41) is 9.77. The molecule has 57 heavy (non-hydrogen) atoms. The zero-order valence-corrected chi connectivity index (χ0v) is 37.5. The lowest BCUT2D eigenvalue weighted by Gasteiger charge is -2.28. The summed E-state index contributed by atoms with van der Waals surface area (Å²) in [6.45, 7) is 3.90. The monoisotopic (exact) mass is 824 g/mol. The molecule has 1 N–H and O–H groups in total. The Morgan fingerprint density at radius 1 is 0.667 bits per heavy atom. The zero-order chi connectivity index (χ0) is 42.3. The number of phosphoric acid groups is 1. The quantitative estimate of drug-likeness (QED) is 0.0161. The molecule has 0 saturated heterocycles. The summed E-state index contributed by atoms with van der Waals surface area (Å²) in [6.07, 6.45) is 41.7. The highest BCUT2D eigenvalue weighted by Crippen LogP contribution is 2.38. The van der Waals surface area contributed by atoms with Gasteiger partial charge in [-0.25, -0.2) is 0 Å². The van der Waals surface area contributed by atoms with Crippen LogP contribution in [0.15, 0.2) is 60.8 Å². The first-order chi connectivity index (χ1) is 27.4. The standard InChI is InChI=1S/C46H82NO9P/c1-6-8-10-11-12-13-14-15-16-17-21-24-27-30-33-37-45(49)53-41-44(42-55-57(51,52)54-40-39-47(3,4)5)56-46(50)38-34-31-28-25-22-19-18-20-23-26-29-32-36-43(48)35-9-7-2/h9,18-19,23,25-26,28-29,32,35,43-44,48H,6-8,10-17,20-22,24,27,30-31,33-34,36-42H2,1-5H3/b19-18-,26-23-,28-25-,32-29+,35-9-/t43?,44-/m1/s1. The number of hydrogen-bond donors (Lipinski definition) is 1. The van der Waals surface area contributed by atoms with Crippen LogP contribution in [0, 0.1) is 0 Å². The van der Waals surface area contributed by atoms with Gasteiger partial charge in [0.25, 0.3) is 7.82 Å². The number of likely N-dealkylation sites (N-methyl/N-ethyl adjacent to an activating group) is 1. The Kier molecular flexibility index (Phi) is 36.4. The number of rotatable bonds is 39. The molecule has 0 spiro atoms. The van der Waals surface area contributed by atoms with Crippen LogP contribution in [0.3, 0.4) is 0 Å². The van der Waals surface area contributed by atoms with Gasteiger partial charge in [0.1, 0.15) is 19.8 Å². The number of phosphoric ester groups is 1. The van der Waals surface area contributed by atoms with Crippen LogP contribution in [-0.2, 0) is 32.7 Å². The maximum atomic E-state index is 12.6. The van der Waals surface area contributed by atoms with Gasteiger partial charge in [-0.3, -0.25) is 14.2 Å². The molecule has 11 heteroatoms. The number of carbonyl (C=O) groups excluding carboxylic acids is 2. The smallest absolute Gasteiger partial charge is 0.306 e. The largest absolute Gasteiger partial charge is 0.756 e. The fourth-order valence-electron chi connectivity index (χ4n) is 5.65. The Morgan fingerprint density at radius 3 is 1.81 bits per heavy atom. The van der Waals surface area contributed by atoms with Crippen molar-refractivity contribution in [3.63, 3.8) is 0 Å². The lowest BCUT2D eigenvalue weighted by Crippen LogP contribution is -2.37. The van der Waals surface area contributed by atoms with Crippen LogP contribution in [-0.4, -0.2) is 81.2 Å². The molecule has 0 aliphatic rings. The van der Waals surface area contributed by atoms with Crippen molar-refractivity contribution >= 4 is 19.8 Å². The summed E-state index contributed by atoms with van der Waals surface area (Å²) in [4.78, 5) is 37.5. The second-order valence-electron chi connectivity index (χ2n) is 15.9. The van der Waals surface area contributed by atoms with Gasteiger partial charge in [-0.2, -0.15) is 0 Å². The van der Waals surface area contributed by atoms with E-state index in [4.69, 9.17) is 18.5 Å². The topological polar surface area (TPSA) is 131 Å². The van der Waals surface area contributed by atoms with Crippen LogP contribution in [0.1, 0.15) is 162 Å². The van der Waals surface area contributed by atoms with Crippen LogP contribution in [0.2, 0.25) is 0 Å². The van der Waals surface area contributed by atoms with E-state index in [0.29, 0.717) is 30.3 Å². The molecule has 3 atom stereocenters. The van der Waals surface area contributed by atoms with E-state index in [2.05, 4.69) is 19.1 Å². The molecule has 0 rings (SSSR count). The van der Waals surface area contributed by atoms with Crippen LogP contribution in [0.25, 0.3) is 0 Å². The van der Waals surface area contributed by atoms with Gasteiger partial charge in [0.05, 0.1) is 33.9 Å². The molecule has 330 valence electrons. The van der Waals surface area contributed by atoms with Crippen molar-refractivity contribution < 1.29 is 47.2 Å². The van der Waals surface area contributed by atoms with Gasteiger partial charge in [0, 0.05) is 12.8 Å². The van der Waals surface area contributed by atoms with Crippen molar-refractivity contribution in [2.24, 2.45) is 0 Å². The van der Waals surface area contributed by atoms with Gasteiger partial charge in [-0.15, -0.1) is 0 Å². The van der Waals surface area contributed by atoms with Crippen LogP contribution < -0.4 is 4.89 Å². The average Bonchev–Trinajstić information content (AvgIpc) is 3.16. The highest BCUT2D eigenvalue weighted by molar-refractivity contribution is 7.45. The lowest BCUT2D eigenvalue weighted by atomic mass is 10.0. The van der Waals surface area contributed by atoms with E-state index in [1.165, 1.54) is 77.0 Å². The SMILES string of the molecule is CC/C=C\C(O)C/C=C/C=C\C/C=C\C/C=C\CCCC(=O)O[C@H](COC(=O)CCCCCCCCCCCCCCCCC)COP(=O)([O-])OCC[N+](C)(C)C. The third-order valence-corrected chi connectivity index (χ3v) is 10.1. The minimum atomic E-state index is -4.65. The molecule has 0 aromatic rings. The minimum Gasteiger partial charge on any atom is -0.756 e. The van der Waals surface area contributed by atoms with E-state index >= 15 is 0 Å². The minimum absolute atomic E-state index is 0.0506. The van der Waals surface area contributed by atoms with E-state index in [1.54, 1.807) is 0 Å². The summed E-state index contributed by atoms with van der Waals surface area (Å²) in [5.74, 6) is -0.927. The number of aliphatic hydroxyl groups is 1. The van der Waals surface area contributed by atoms with Gasteiger partial charge in [0.15, 0.2) is 6.10 Å². The molecular formula is C46H82NO9P. The number of ether oxygens (including phenoxy) is 2. The second kappa shape index (κ2) is 37.9. The third kappa shape index (κ3) is 41.6. The Labute approximate surface area is 348 Å². The van der Waals surface area contributed by atoms with Gasteiger partial charge in [-0.05, 0) is 44.9 Å². The molecule has 0 aliphatic carbocycles. The van der Waals surface area contributed by atoms with Gasteiger partial charge >= 0.3 is 11.9 Å². The van der Waals surface area contributed by atoms with Crippen LogP contribution >= 0.6 is 7.82 Å². The molecule has 10 nitrogen and oxygen atoms in total. The predicted octanol–water partition coefficient (Wildman–Crippen LogP) is 10.8. The fourth-order valence-corrected chi connectivity index (χ4v) is 6.38. The number of esters is 2. The summed E-state index contributed by atoms with van der Waals surface area (Å²) in [5.41, 5.74) is 0. The van der Waals surface area contributed by atoms with E-state index < -0.39 is 38.6 Å². The summed E-state index contributed by atoms with van der Waals surface area (Å²) in [6, 6.07) is 0. The van der Waals surface area contributed by atoms with E-state index in [-0.39, 0.29) is 26.1 Å². The van der Waals surface area contributed by atoms with Crippen molar-refractivity contribution in [2.75, 3.05) is 47.5 Å². The van der Waals surface area contributed by atoms with Crippen molar-refractivity contribution in [2.45, 2.75) is 174 Å². The Bertz CT molecular complexity index is 1170. The van der Waals surface area contributed by atoms with E-state index in [1.807, 2.05) is 76.7 Å². The van der Waals surface area contributed by atoms with Crippen molar-refractivity contribution in [1.82, 2.24) is 0 Å². The zero-order valence-electron chi connectivity index (χ0n) is 36.6. The number of carbonyl (C=O) groups is 2. The summed E-state index contributed by atoms with van der Waals surface area (Å²) < 4.78 is 33.8. The van der Waals surface area contributed by atoms with Gasteiger partial charge in [-0.1, -0.05) is 164 Å². The van der Waals surface area contributed by atoms with Crippen molar-refractivity contribution in [3.05, 3.63) is 60.8 Å². The Balaban J connectivity index is 4.49. The molecule has 0 saturated carbocycles. The fraction of sp³-hybridized carbons (Fsp3) is 0.739. The first-order valence-electron chi connectivity index (χ1n) is 22.1. The highest BCUT2D eigenvalue weighted by Gasteiger charge is 2.21. The number of nitrogens with zero attached hydrogens (tertiary/aromatic N) is 1. The van der Waals surface area contributed by atoms with Gasteiger partial charge < -0.3 is 33.0 Å². The van der Waals surface area contributed by atoms with Crippen molar-refractivity contribution in [1.29, 1.82) is 0 Å². The molecule has 0 aromatic carbocycles. The molecule has 0 amide bonds. The van der Waals surface area contributed by atoms with Crippen molar-refractivity contribution in [3.8, 4) is 0 Å². The molecule has 0 aliphatic heterocycles. The van der Waals surface area contributed by atoms with Crippen LogP contribution in [0.4, 0.5) is 0 Å². The number of aliphatic hydroxyl groups excluding tert-OH is 1. The van der Waals surface area contributed by atoms with E-state index in [0.717, 1.165) is 38.5 Å². The maximum absolute atomic E-state index is 12.6. The number of hydrogen-bond acceptors (Lipinski definition) is 9. The van der Waals surface area contributed by atoms with Gasteiger partial charge in [0.2, 0.25) is 0 Å². The lowest BCUT2D eigenvalue weighted by molar-refractivity contribution is -0.870. The summed E-state index contributed by atoms with van der Waals surface area (Å²) in [7, 11) is 1.10.